The summed E-state index contributed by atoms with van der Waals surface area (Å²) in [4.78, 5) is 0. The molecule has 0 saturated carbocycles. The number of rotatable bonds is 10. The average Bonchev–Trinajstić information content (AvgIpc) is 3.21. The zero-order valence-corrected chi connectivity index (χ0v) is 28.8. The standard InChI is InChI=1S/2C24H20N2/c2*1-3-7-21(8-4-1)25-23-15-11-19(12-16-23)20-13-17-24(18-14-20)26-22-9-5-2-6-10-22/h2*1-18,25-26H. The van der Waals surface area contributed by atoms with E-state index in [0.29, 0.717) is 0 Å². The Morgan fingerprint density at radius 2 is 0.308 bits per heavy atom. The van der Waals surface area contributed by atoms with Gasteiger partial charge in [-0.1, -0.05) is 121 Å². The van der Waals surface area contributed by atoms with Gasteiger partial charge in [0.1, 0.15) is 0 Å². The van der Waals surface area contributed by atoms with Crippen molar-refractivity contribution in [1.82, 2.24) is 0 Å². The highest BCUT2D eigenvalue weighted by atomic mass is 14.9. The van der Waals surface area contributed by atoms with Crippen LogP contribution in [0.15, 0.2) is 218 Å². The minimum atomic E-state index is 1.09. The van der Waals surface area contributed by atoms with Crippen molar-refractivity contribution in [1.29, 1.82) is 0 Å². The van der Waals surface area contributed by atoms with Crippen LogP contribution in [0.4, 0.5) is 45.5 Å². The summed E-state index contributed by atoms with van der Waals surface area (Å²) in [5.41, 5.74) is 13.5. The molecule has 4 N–H and O–H groups in total. The van der Waals surface area contributed by atoms with Crippen LogP contribution in [0.2, 0.25) is 0 Å². The smallest absolute Gasteiger partial charge is 0.0384 e. The maximum Gasteiger partial charge on any atom is 0.0384 e. The highest BCUT2D eigenvalue weighted by Crippen LogP contribution is 2.27. The van der Waals surface area contributed by atoms with Crippen LogP contribution < -0.4 is 21.3 Å². The predicted octanol–water partition coefficient (Wildman–Crippen LogP) is 13.7. The van der Waals surface area contributed by atoms with Crippen LogP contribution in [0, 0.1) is 0 Å². The van der Waals surface area contributed by atoms with Crippen LogP contribution in [-0.4, -0.2) is 0 Å². The summed E-state index contributed by atoms with van der Waals surface area (Å²) in [5.74, 6) is 0. The Balaban J connectivity index is 0.000000162. The van der Waals surface area contributed by atoms with Crippen LogP contribution in [0.5, 0.6) is 0 Å². The van der Waals surface area contributed by atoms with Gasteiger partial charge in [0.05, 0.1) is 0 Å². The zero-order chi connectivity index (χ0) is 35.2. The fourth-order valence-electron chi connectivity index (χ4n) is 5.74. The molecule has 8 aromatic carbocycles. The van der Waals surface area contributed by atoms with Gasteiger partial charge in [-0.2, -0.15) is 0 Å². The van der Waals surface area contributed by atoms with Gasteiger partial charge in [0, 0.05) is 45.5 Å². The molecule has 0 fully saturated rings. The van der Waals surface area contributed by atoms with Gasteiger partial charge in [0.15, 0.2) is 0 Å². The van der Waals surface area contributed by atoms with Crippen molar-refractivity contribution in [3.63, 3.8) is 0 Å². The molecule has 8 aromatic rings. The van der Waals surface area contributed by atoms with Gasteiger partial charge in [0.2, 0.25) is 0 Å². The summed E-state index contributed by atoms with van der Waals surface area (Å²) in [5, 5.41) is 13.6. The molecule has 0 saturated heterocycles. The van der Waals surface area contributed by atoms with Crippen LogP contribution in [0.25, 0.3) is 22.3 Å². The first kappa shape index (κ1) is 33.5. The minimum Gasteiger partial charge on any atom is -0.356 e. The fourth-order valence-corrected chi connectivity index (χ4v) is 5.74. The predicted molar refractivity (Wildman–Crippen MR) is 223 cm³/mol. The first-order chi connectivity index (χ1) is 25.7. The topological polar surface area (TPSA) is 48.1 Å². The highest BCUT2D eigenvalue weighted by molar-refractivity contribution is 5.72. The molecule has 0 bridgehead atoms. The van der Waals surface area contributed by atoms with E-state index in [1.54, 1.807) is 0 Å². The molecule has 0 spiro atoms. The quantitative estimate of drug-likeness (QED) is 0.117. The second-order valence-electron chi connectivity index (χ2n) is 12.3. The van der Waals surface area contributed by atoms with Crippen LogP contribution in [0.3, 0.4) is 0 Å². The van der Waals surface area contributed by atoms with E-state index >= 15 is 0 Å². The van der Waals surface area contributed by atoms with Gasteiger partial charge in [-0.3, -0.25) is 0 Å². The first-order valence-corrected chi connectivity index (χ1v) is 17.4. The van der Waals surface area contributed by atoms with Gasteiger partial charge in [0.25, 0.3) is 0 Å². The SMILES string of the molecule is c1ccc(Nc2ccc(-c3ccc(Nc4ccccc4)cc3)cc2)cc1.c1ccc(Nc2ccc(-c3ccc(Nc4ccccc4)cc3)cc2)cc1. The van der Waals surface area contributed by atoms with Crippen molar-refractivity contribution in [3.05, 3.63) is 218 Å². The summed E-state index contributed by atoms with van der Waals surface area (Å²) in [6, 6.07) is 74.8. The minimum absolute atomic E-state index is 1.09. The van der Waals surface area contributed by atoms with Crippen molar-refractivity contribution >= 4 is 45.5 Å². The highest BCUT2D eigenvalue weighted by Gasteiger charge is 2.02. The molecule has 4 heteroatoms. The molecule has 0 aliphatic carbocycles. The van der Waals surface area contributed by atoms with Crippen molar-refractivity contribution in [3.8, 4) is 22.3 Å². The van der Waals surface area contributed by atoms with Crippen molar-refractivity contribution in [2.24, 2.45) is 0 Å². The Morgan fingerprint density at radius 1 is 0.154 bits per heavy atom. The van der Waals surface area contributed by atoms with E-state index in [9.17, 15) is 0 Å². The molecular weight excluding hydrogens is 633 g/mol. The van der Waals surface area contributed by atoms with Crippen molar-refractivity contribution in [2.45, 2.75) is 0 Å². The molecule has 0 unspecified atom stereocenters. The lowest BCUT2D eigenvalue weighted by Gasteiger charge is -2.09. The lowest BCUT2D eigenvalue weighted by molar-refractivity contribution is 1.53. The van der Waals surface area contributed by atoms with E-state index in [2.05, 4.69) is 167 Å². The Hall–Kier alpha value is -7.04. The summed E-state index contributed by atoms with van der Waals surface area (Å²) < 4.78 is 0. The van der Waals surface area contributed by atoms with Crippen LogP contribution >= 0.6 is 0 Å². The molecule has 0 atom stereocenters. The zero-order valence-electron chi connectivity index (χ0n) is 28.8. The number of hydrogen-bond donors (Lipinski definition) is 4. The molecule has 4 nitrogen and oxygen atoms in total. The average molecular weight is 673 g/mol. The molecule has 252 valence electrons. The van der Waals surface area contributed by atoms with Crippen molar-refractivity contribution in [2.75, 3.05) is 21.3 Å². The molecule has 0 aliphatic rings. The molecule has 0 heterocycles. The third-order valence-corrected chi connectivity index (χ3v) is 8.46. The molecule has 0 amide bonds. The van der Waals surface area contributed by atoms with E-state index in [1.807, 2.05) is 72.8 Å². The Morgan fingerprint density at radius 3 is 0.481 bits per heavy atom. The third kappa shape index (κ3) is 9.56. The van der Waals surface area contributed by atoms with E-state index in [1.165, 1.54) is 22.3 Å². The van der Waals surface area contributed by atoms with Crippen molar-refractivity contribution < 1.29 is 0 Å². The lowest BCUT2D eigenvalue weighted by atomic mass is 10.0. The third-order valence-electron chi connectivity index (χ3n) is 8.46. The van der Waals surface area contributed by atoms with E-state index in [4.69, 9.17) is 0 Å². The molecule has 52 heavy (non-hydrogen) atoms. The molecule has 0 aliphatic heterocycles. The number of nitrogens with one attached hydrogen (secondary N) is 4. The van der Waals surface area contributed by atoms with Gasteiger partial charge in [-0.15, -0.1) is 0 Å². The number of anilines is 8. The Bertz CT molecular complexity index is 1890. The monoisotopic (exact) mass is 672 g/mol. The maximum atomic E-state index is 3.41. The normalized spacial score (nSPS) is 10.3. The van der Waals surface area contributed by atoms with Gasteiger partial charge in [-0.25, -0.2) is 0 Å². The second-order valence-corrected chi connectivity index (χ2v) is 12.3. The largest absolute Gasteiger partial charge is 0.356 e. The van der Waals surface area contributed by atoms with E-state index in [0.717, 1.165) is 45.5 Å². The molecule has 8 rings (SSSR count). The summed E-state index contributed by atoms with van der Waals surface area (Å²) >= 11 is 0. The summed E-state index contributed by atoms with van der Waals surface area (Å²) in [6.45, 7) is 0. The van der Waals surface area contributed by atoms with E-state index in [-0.39, 0.29) is 0 Å². The number of hydrogen-bond acceptors (Lipinski definition) is 4. The number of benzene rings is 8. The van der Waals surface area contributed by atoms with E-state index < -0.39 is 0 Å². The maximum absolute atomic E-state index is 3.41. The number of para-hydroxylation sites is 4. The summed E-state index contributed by atoms with van der Waals surface area (Å²) in [6.07, 6.45) is 0. The fraction of sp³-hybridized carbons (Fsp3) is 0. The summed E-state index contributed by atoms with van der Waals surface area (Å²) in [7, 11) is 0. The second kappa shape index (κ2) is 17.1. The van der Waals surface area contributed by atoms with Gasteiger partial charge >= 0.3 is 0 Å². The Labute approximate surface area is 306 Å². The Kier molecular flexibility index (Phi) is 11.0. The van der Waals surface area contributed by atoms with Crippen LogP contribution in [0.1, 0.15) is 0 Å². The van der Waals surface area contributed by atoms with Crippen LogP contribution in [-0.2, 0) is 0 Å². The van der Waals surface area contributed by atoms with Gasteiger partial charge < -0.3 is 21.3 Å². The molecule has 0 radical (unpaired) electrons. The van der Waals surface area contributed by atoms with Gasteiger partial charge in [-0.05, 0) is 119 Å². The lowest BCUT2D eigenvalue weighted by Crippen LogP contribution is -1.90. The first-order valence-electron chi connectivity index (χ1n) is 17.4. The molecular formula is C48H40N4. The molecule has 0 aromatic heterocycles.